The summed E-state index contributed by atoms with van der Waals surface area (Å²) >= 11 is 6.10. The van der Waals surface area contributed by atoms with Gasteiger partial charge in [0.15, 0.2) is 11.8 Å². The molecular weight excluding hydrogens is 467 g/mol. The molecule has 1 aromatic heterocycles. The molecule has 1 aliphatic heterocycles. The smallest absolute Gasteiger partial charge is 0.248 e. The monoisotopic (exact) mass is 490 g/mol. The number of anilines is 1. The maximum absolute atomic E-state index is 6.10. The molecule has 0 spiro atoms. The van der Waals surface area contributed by atoms with E-state index in [0.29, 0.717) is 18.3 Å². The van der Waals surface area contributed by atoms with Crippen LogP contribution < -0.4 is 10.2 Å². The SMILES string of the molecule is CCNC(=NCc1nc(C)no1)N1CCN(c2cccc(Cl)c2)CC1.I. The van der Waals surface area contributed by atoms with Crippen molar-refractivity contribution >= 4 is 47.2 Å². The number of aromatic nitrogens is 2. The van der Waals surface area contributed by atoms with Crippen LogP contribution >= 0.6 is 35.6 Å². The van der Waals surface area contributed by atoms with Crippen LogP contribution in [0.1, 0.15) is 18.6 Å². The largest absolute Gasteiger partial charge is 0.368 e. The summed E-state index contributed by atoms with van der Waals surface area (Å²) < 4.78 is 5.13. The van der Waals surface area contributed by atoms with Gasteiger partial charge in [0.1, 0.15) is 6.54 Å². The predicted octanol–water partition coefficient (Wildman–Crippen LogP) is 2.94. The Morgan fingerprint density at radius 1 is 1.31 bits per heavy atom. The van der Waals surface area contributed by atoms with Crippen molar-refractivity contribution in [2.75, 3.05) is 37.6 Å². The van der Waals surface area contributed by atoms with Crippen LogP contribution in [0, 0.1) is 6.92 Å². The van der Waals surface area contributed by atoms with E-state index in [2.05, 4.69) is 43.2 Å². The zero-order valence-corrected chi connectivity index (χ0v) is 18.1. The molecule has 0 unspecified atom stereocenters. The van der Waals surface area contributed by atoms with Crippen molar-refractivity contribution in [3.05, 3.63) is 41.0 Å². The summed E-state index contributed by atoms with van der Waals surface area (Å²) in [5.41, 5.74) is 1.16. The zero-order valence-electron chi connectivity index (χ0n) is 15.0. The maximum Gasteiger partial charge on any atom is 0.248 e. The number of rotatable bonds is 4. The number of nitrogens with one attached hydrogen (secondary N) is 1. The highest BCUT2D eigenvalue weighted by Gasteiger charge is 2.20. The van der Waals surface area contributed by atoms with Crippen molar-refractivity contribution in [2.24, 2.45) is 4.99 Å². The van der Waals surface area contributed by atoms with E-state index in [-0.39, 0.29) is 24.0 Å². The van der Waals surface area contributed by atoms with Crippen molar-refractivity contribution in [3.8, 4) is 0 Å². The van der Waals surface area contributed by atoms with Gasteiger partial charge in [0.2, 0.25) is 5.89 Å². The van der Waals surface area contributed by atoms with Gasteiger partial charge in [0.05, 0.1) is 0 Å². The molecule has 142 valence electrons. The normalized spacial score (nSPS) is 15.0. The van der Waals surface area contributed by atoms with E-state index >= 15 is 0 Å². The van der Waals surface area contributed by atoms with Crippen molar-refractivity contribution in [2.45, 2.75) is 20.4 Å². The summed E-state index contributed by atoms with van der Waals surface area (Å²) in [4.78, 5) is 13.4. The third kappa shape index (κ3) is 5.47. The van der Waals surface area contributed by atoms with Crippen molar-refractivity contribution in [1.82, 2.24) is 20.4 Å². The highest BCUT2D eigenvalue weighted by atomic mass is 127. The second-order valence-corrected chi connectivity index (χ2v) is 6.30. The Labute approximate surface area is 175 Å². The van der Waals surface area contributed by atoms with Gasteiger partial charge >= 0.3 is 0 Å². The van der Waals surface area contributed by atoms with Crippen LogP contribution in [0.3, 0.4) is 0 Å². The molecule has 0 bridgehead atoms. The second-order valence-electron chi connectivity index (χ2n) is 5.86. The third-order valence-corrected chi connectivity index (χ3v) is 4.26. The molecule has 0 aliphatic carbocycles. The average molecular weight is 491 g/mol. The molecule has 3 rings (SSSR count). The molecule has 1 aliphatic rings. The molecule has 9 heteroatoms. The Kier molecular flexibility index (Phi) is 7.95. The van der Waals surface area contributed by atoms with Crippen LogP contribution in [0.15, 0.2) is 33.8 Å². The summed E-state index contributed by atoms with van der Waals surface area (Å²) in [6.45, 7) is 8.69. The molecule has 1 aromatic carbocycles. The van der Waals surface area contributed by atoms with E-state index < -0.39 is 0 Å². The molecule has 1 N–H and O–H groups in total. The Morgan fingerprint density at radius 3 is 2.69 bits per heavy atom. The van der Waals surface area contributed by atoms with Gasteiger partial charge in [0, 0.05) is 43.4 Å². The Hall–Kier alpha value is -1.55. The first-order valence-corrected chi connectivity index (χ1v) is 8.86. The first-order chi connectivity index (χ1) is 12.2. The number of aliphatic imine (C=N–C) groups is 1. The number of guanidine groups is 1. The van der Waals surface area contributed by atoms with Crippen molar-refractivity contribution in [3.63, 3.8) is 0 Å². The van der Waals surface area contributed by atoms with Crippen LogP contribution in [0.2, 0.25) is 5.02 Å². The summed E-state index contributed by atoms with van der Waals surface area (Å²) in [5.74, 6) is 2.04. The fourth-order valence-electron chi connectivity index (χ4n) is 2.82. The minimum Gasteiger partial charge on any atom is -0.368 e. The molecule has 26 heavy (non-hydrogen) atoms. The number of nitrogens with zero attached hydrogens (tertiary/aromatic N) is 5. The van der Waals surface area contributed by atoms with Crippen LogP contribution in [-0.2, 0) is 6.54 Å². The van der Waals surface area contributed by atoms with Gasteiger partial charge in [-0.2, -0.15) is 4.98 Å². The minimum atomic E-state index is 0. The van der Waals surface area contributed by atoms with Crippen molar-refractivity contribution in [1.29, 1.82) is 0 Å². The van der Waals surface area contributed by atoms with Crippen LogP contribution in [0.25, 0.3) is 0 Å². The van der Waals surface area contributed by atoms with Gasteiger partial charge in [-0.05, 0) is 32.0 Å². The quantitative estimate of drug-likeness (QED) is 0.404. The minimum absolute atomic E-state index is 0. The molecule has 0 amide bonds. The van der Waals surface area contributed by atoms with Gasteiger partial charge in [-0.3, -0.25) is 0 Å². The number of benzene rings is 1. The number of piperazine rings is 1. The van der Waals surface area contributed by atoms with E-state index in [1.54, 1.807) is 6.92 Å². The van der Waals surface area contributed by atoms with E-state index in [4.69, 9.17) is 16.1 Å². The van der Waals surface area contributed by atoms with Crippen molar-refractivity contribution < 1.29 is 4.52 Å². The predicted molar refractivity (Wildman–Crippen MR) is 115 cm³/mol. The van der Waals surface area contributed by atoms with Crippen LogP contribution in [-0.4, -0.2) is 53.7 Å². The van der Waals surface area contributed by atoms with Crippen LogP contribution in [0.5, 0.6) is 0 Å². The standard InChI is InChI=1S/C17H23ClN6O.HI/c1-3-19-17(20-12-16-21-13(2)22-25-16)24-9-7-23(8-10-24)15-6-4-5-14(18)11-15;/h4-6,11H,3,7-10,12H2,1-2H3,(H,19,20);1H. The topological polar surface area (TPSA) is 69.8 Å². The number of hydrogen-bond acceptors (Lipinski definition) is 5. The zero-order chi connectivity index (χ0) is 17.6. The lowest BCUT2D eigenvalue weighted by Crippen LogP contribution is -2.52. The molecule has 1 saturated heterocycles. The summed E-state index contributed by atoms with van der Waals surface area (Å²) in [7, 11) is 0. The highest BCUT2D eigenvalue weighted by molar-refractivity contribution is 14.0. The molecule has 2 heterocycles. The second kappa shape index (κ2) is 9.96. The lowest BCUT2D eigenvalue weighted by atomic mass is 10.2. The molecular formula is C17H24ClIN6O. The molecule has 1 fully saturated rings. The van der Waals surface area contributed by atoms with E-state index in [1.807, 2.05) is 18.2 Å². The van der Waals surface area contributed by atoms with Gasteiger partial charge < -0.3 is 19.6 Å². The highest BCUT2D eigenvalue weighted by Crippen LogP contribution is 2.20. The van der Waals surface area contributed by atoms with Crippen LogP contribution in [0.4, 0.5) is 5.69 Å². The Balaban J connectivity index is 0.00000243. The molecule has 0 atom stereocenters. The number of hydrogen-bond donors (Lipinski definition) is 1. The molecule has 7 nitrogen and oxygen atoms in total. The lowest BCUT2D eigenvalue weighted by molar-refractivity contribution is 0.363. The van der Waals surface area contributed by atoms with E-state index in [9.17, 15) is 0 Å². The molecule has 0 saturated carbocycles. The fraction of sp³-hybridized carbons (Fsp3) is 0.471. The Bertz CT molecular complexity index is 730. The average Bonchev–Trinajstić information content (AvgIpc) is 3.04. The maximum atomic E-state index is 6.10. The number of aryl methyl sites for hydroxylation is 1. The van der Waals surface area contributed by atoms with Gasteiger partial charge in [0.25, 0.3) is 0 Å². The molecule has 2 aromatic rings. The lowest BCUT2D eigenvalue weighted by Gasteiger charge is -2.37. The van der Waals surface area contributed by atoms with Gasteiger partial charge in [-0.25, -0.2) is 4.99 Å². The third-order valence-electron chi connectivity index (χ3n) is 4.02. The van der Waals surface area contributed by atoms with E-state index in [0.717, 1.165) is 49.4 Å². The first kappa shape index (κ1) is 20.8. The van der Waals surface area contributed by atoms with E-state index in [1.165, 1.54) is 0 Å². The number of halogens is 2. The fourth-order valence-corrected chi connectivity index (χ4v) is 3.01. The van der Waals surface area contributed by atoms with Gasteiger partial charge in [-0.1, -0.05) is 22.8 Å². The van der Waals surface area contributed by atoms with Gasteiger partial charge in [-0.15, -0.1) is 24.0 Å². The Morgan fingerprint density at radius 2 is 2.08 bits per heavy atom. The summed E-state index contributed by atoms with van der Waals surface area (Å²) in [6.07, 6.45) is 0. The molecule has 0 radical (unpaired) electrons. The summed E-state index contributed by atoms with van der Waals surface area (Å²) in [6, 6.07) is 7.99. The summed E-state index contributed by atoms with van der Waals surface area (Å²) in [5, 5.41) is 7.90. The first-order valence-electron chi connectivity index (χ1n) is 8.48.